The lowest BCUT2D eigenvalue weighted by Gasteiger charge is -2.29. The summed E-state index contributed by atoms with van der Waals surface area (Å²) in [7, 11) is -3.34. The van der Waals surface area contributed by atoms with Crippen molar-refractivity contribution in [2.75, 3.05) is 0 Å². The average molecular weight is 338 g/mol. The van der Waals surface area contributed by atoms with Crippen LogP contribution in [0.2, 0.25) is 0 Å². The van der Waals surface area contributed by atoms with Crippen LogP contribution in [0.1, 0.15) is 19.4 Å². The third-order valence-corrected chi connectivity index (χ3v) is 5.57. The molecule has 3 aliphatic heterocycles. The highest BCUT2D eigenvalue weighted by Crippen LogP contribution is 2.57. The second-order valence-electron chi connectivity index (χ2n) is 6.28. The van der Waals surface area contributed by atoms with E-state index in [4.69, 9.17) is 23.3 Å². The zero-order valence-corrected chi connectivity index (χ0v) is 13.8. The first-order valence-electron chi connectivity index (χ1n) is 7.61. The van der Waals surface area contributed by atoms with E-state index in [2.05, 4.69) is 0 Å². The van der Waals surface area contributed by atoms with Gasteiger partial charge in [-0.3, -0.25) is 9.09 Å². The molecular weight excluding hydrogens is 319 g/mol. The molecule has 23 heavy (non-hydrogen) atoms. The molecule has 6 nitrogen and oxygen atoms in total. The summed E-state index contributed by atoms with van der Waals surface area (Å²) in [5.74, 6) is 0.725. The van der Waals surface area contributed by atoms with Crippen LogP contribution in [-0.4, -0.2) is 30.4 Å². The van der Waals surface area contributed by atoms with Crippen LogP contribution >= 0.6 is 7.60 Å². The molecule has 0 spiro atoms. The highest BCUT2D eigenvalue weighted by molar-refractivity contribution is 7.57. The van der Waals surface area contributed by atoms with Crippen molar-refractivity contribution in [1.29, 1.82) is 0 Å². The smallest absolute Gasteiger partial charge is 0.339 e. The maximum atomic E-state index is 12.8. The Morgan fingerprint density at radius 2 is 1.96 bits per heavy atom. The SMILES string of the molecule is CC1(C)O[C@H]2O[C@@H]3C=CP(=O)(OCc4ccccc4)O[C@@H]3[C@H]2O1. The molecule has 4 rings (SSSR count). The second kappa shape index (κ2) is 5.52. The van der Waals surface area contributed by atoms with Gasteiger partial charge in [-0.25, -0.2) is 0 Å². The van der Waals surface area contributed by atoms with Crippen molar-refractivity contribution >= 4 is 7.60 Å². The molecule has 3 aliphatic rings. The summed E-state index contributed by atoms with van der Waals surface area (Å²) in [6, 6.07) is 9.55. The normalized spacial score (nSPS) is 40.8. The van der Waals surface area contributed by atoms with E-state index in [0.717, 1.165) is 5.56 Å². The minimum absolute atomic E-state index is 0.220. The van der Waals surface area contributed by atoms with Crippen molar-refractivity contribution < 1.29 is 27.8 Å². The Morgan fingerprint density at radius 1 is 1.17 bits per heavy atom. The lowest BCUT2D eigenvalue weighted by Crippen LogP contribution is -2.36. The van der Waals surface area contributed by atoms with Gasteiger partial charge in [0.25, 0.3) is 0 Å². The van der Waals surface area contributed by atoms with Crippen LogP contribution in [0.15, 0.2) is 42.2 Å². The first-order valence-corrected chi connectivity index (χ1v) is 9.22. The van der Waals surface area contributed by atoms with E-state index in [0.29, 0.717) is 0 Å². The van der Waals surface area contributed by atoms with Gasteiger partial charge in [0.2, 0.25) is 0 Å². The van der Waals surface area contributed by atoms with Gasteiger partial charge in [-0.2, -0.15) is 0 Å². The summed E-state index contributed by atoms with van der Waals surface area (Å²) >= 11 is 0. The van der Waals surface area contributed by atoms with Crippen molar-refractivity contribution in [2.45, 2.75) is 50.8 Å². The maximum Gasteiger partial charge on any atom is 0.354 e. The molecule has 2 fully saturated rings. The minimum Gasteiger partial charge on any atom is -0.339 e. The topological polar surface area (TPSA) is 63.2 Å². The van der Waals surface area contributed by atoms with E-state index in [1.165, 1.54) is 5.82 Å². The van der Waals surface area contributed by atoms with Crippen LogP contribution in [-0.2, 0) is 34.4 Å². The van der Waals surface area contributed by atoms with E-state index in [1.807, 2.05) is 44.2 Å². The standard InChI is InChI=1S/C16H19O6P/c1-16(2)20-14-13-12(19-15(14)21-16)8-9-23(17,22-13)18-10-11-6-4-3-5-7-11/h3-9,12-15H,10H2,1-2H3/t12-,13+,14-,15-,23?/m1/s1. The molecule has 0 aliphatic carbocycles. The van der Waals surface area contributed by atoms with Gasteiger partial charge in [-0.1, -0.05) is 30.3 Å². The number of hydrogen-bond acceptors (Lipinski definition) is 6. The Hall–Kier alpha value is -1.01. The van der Waals surface area contributed by atoms with Crippen LogP contribution < -0.4 is 0 Å². The summed E-state index contributed by atoms with van der Waals surface area (Å²) in [4.78, 5) is 0. The fraction of sp³-hybridized carbons (Fsp3) is 0.500. The van der Waals surface area contributed by atoms with Crippen LogP contribution in [0, 0.1) is 0 Å². The summed E-state index contributed by atoms with van der Waals surface area (Å²) in [5.41, 5.74) is 0.934. The first kappa shape index (κ1) is 15.5. The molecule has 5 atom stereocenters. The van der Waals surface area contributed by atoms with Gasteiger partial charge in [0, 0.05) is 5.82 Å². The number of hydrogen-bond donors (Lipinski definition) is 0. The van der Waals surface area contributed by atoms with E-state index in [-0.39, 0.29) is 12.7 Å². The van der Waals surface area contributed by atoms with Gasteiger partial charge >= 0.3 is 7.60 Å². The number of fused-ring (bicyclic) bond motifs is 3. The zero-order valence-electron chi connectivity index (χ0n) is 13.0. The Kier molecular flexibility index (Phi) is 3.72. The molecule has 2 saturated heterocycles. The first-order chi connectivity index (χ1) is 10.9. The summed E-state index contributed by atoms with van der Waals surface area (Å²) in [5, 5.41) is 0. The minimum atomic E-state index is -3.34. The summed E-state index contributed by atoms with van der Waals surface area (Å²) in [6.07, 6.45) is -0.0198. The number of ether oxygens (including phenoxy) is 3. The Morgan fingerprint density at radius 3 is 2.74 bits per heavy atom. The molecule has 1 aromatic carbocycles. The predicted molar refractivity (Wildman–Crippen MR) is 81.5 cm³/mol. The number of rotatable bonds is 3. The van der Waals surface area contributed by atoms with Crippen LogP contribution in [0.3, 0.4) is 0 Å². The lowest BCUT2D eigenvalue weighted by atomic mass is 10.1. The fourth-order valence-corrected chi connectivity index (χ4v) is 4.49. The Balaban J connectivity index is 1.46. The molecule has 0 N–H and O–H groups in total. The molecule has 0 amide bonds. The molecule has 0 saturated carbocycles. The van der Waals surface area contributed by atoms with E-state index < -0.39 is 31.9 Å². The molecule has 0 aromatic heterocycles. The molecule has 1 unspecified atom stereocenters. The third kappa shape index (κ3) is 3.03. The monoisotopic (exact) mass is 338 g/mol. The van der Waals surface area contributed by atoms with E-state index in [9.17, 15) is 4.57 Å². The molecular formula is C16H19O6P. The van der Waals surface area contributed by atoms with Gasteiger partial charge in [0.05, 0.1) is 6.61 Å². The van der Waals surface area contributed by atoms with Gasteiger partial charge in [-0.15, -0.1) is 0 Å². The average Bonchev–Trinajstić information content (AvgIpc) is 2.98. The maximum absolute atomic E-state index is 12.8. The zero-order chi connectivity index (χ0) is 16.1. The highest BCUT2D eigenvalue weighted by Gasteiger charge is 2.57. The van der Waals surface area contributed by atoms with Crippen LogP contribution in [0.4, 0.5) is 0 Å². The largest absolute Gasteiger partial charge is 0.354 e. The van der Waals surface area contributed by atoms with Gasteiger partial charge in [-0.05, 0) is 25.5 Å². The van der Waals surface area contributed by atoms with Crippen molar-refractivity contribution in [3.8, 4) is 0 Å². The van der Waals surface area contributed by atoms with Crippen molar-refractivity contribution in [3.63, 3.8) is 0 Å². The second-order valence-corrected chi connectivity index (χ2v) is 8.13. The summed E-state index contributed by atoms with van der Waals surface area (Å²) < 4.78 is 41.4. The van der Waals surface area contributed by atoms with E-state index in [1.54, 1.807) is 6.08 Å². The lowest BCUT2D eigenvalue weighted by molar-refractivity contribution is -0.208. The Bertz CT molecular complexity index is 658. The third-order valence-electron chi connectivity index (χ3n) is 4.01. The molecule has 7 heteroatoms. The molecule has 0 bridgehead atoms. The predicted octanol–water partition coefficient (Wildman–Crippen LogP) is 3.19. The van der Waals surface area contributed by atoms with Crippen LogP contribution in [0.5, 0.6) is 0 Å². The molecule has 124 valence electrons. The number of benzene rings is 1. The Labute approximate surface area is 134 Å². The van der Waals surface area contributed by atoms with Crippen molar-refractivity contribution in [1.82, 2.24) is 0 Å². The molecule has 0 radical (unpaired) electrons. The highest BCUT2D eigenvalue weighted by atomic mass is 31.2. The van der Waals surface area contributed by atoms with Crippen LogP contribution in [0.25, 0.3) is 0 Å². The van der Waals surface area contributed by atoms with Gasteiger partial charge in [0.1, 0.15) is 18.3 Å². The molecule has 1 aromatic rings. The van der Waals surface area contributed by atoms with Crippen molar-refractivity contribution in [2.24, 2.45) is 0 Å². The van der Waals surface area contributed by atoms with E-state index >= 15 is 0 Å². The summed E-state index contributed by atoms with van der Waals surface area (Å²) in [6.45, 7) is 3.85. The fourth-order valence-electron chi connectivity index (χ4n) is 2.99. The van der Waals surface area contributed by atoms with Gasteiger partial charge in [0.15, 0.2) is 12.1 Å². The van der Waals surface area contributed by atoms with Gasteiger partial charge < -0.3 is 18.7 Å². The van der Waals surface area contributed by atoms with Crippen molar-refractivity contribution in [3.05, 3.63) is 47.8 Å². The quantitative estimate of drug-likeness (QED) is 0.789. The molecule has 3 heterocycles.